The molecule has 0 atom stereocenters. The maximum absolute atomic E-state index is 12.2. The minimum Gasteiger partial charge on any atom is -0.504 e. The Kier molecular flexibility index (Phi) is 2.95. The summed E-state index contributed by atoms with van der Waals surface area (Å²) in [4.78, 5) is 12.2. The van der Waals surface area contributed by atoms with E-state index in [1.54, 1.807) is 6.92 Å². The van der Waals surface area contributed by atoms with Crippen molar-refractivity contribution in [2.45, 2.75) is 6.92 Å². The quantitative estimate of drug-likeness (QED) is 0.514. The van der Waals surface area contributed by atoms with Gasteiger partial charge in [0.05, 0.1) is 5.39 Å². The van der Waals surface area contributed by atoms with Crippen LogP contribution in [0.2, 0.25) is 0 Å². The van der Waals surface area contributed by atoms with Crippen LogP contribution in [0, 0.1) is 6.92 Å². The molecular formula is C16H12O6. The van der Waals surface area contributed by atoms with Crippen LogP contribution in [0.3, 0.4) is 0 Å². The highest BCUT2D eigenvalue weighted by Crippen LogP contribution is 2.37. The number of fused-ring (bicyclic) bond motifs is 1. The van der Waals surface area contributed by atoms with E-state index >= 15 is 0 Å². The molecule has 0 saturated heterocycles. The highest BCUT2D eigenvalue weighted by Gasteiger charge is 2.16. The van der Waals surface area contributed by atoms with Crippen LogP contribution in [0.25, 0.3) is 22.3 Å². The first kappa shape index (κ1) is 13.8. The predicted octanol–water partition coefficient (Wildman–Crippen LogP) is 2.59. The molecule has 0 unspecified atom stereocenters. The minimum atomic E-state index is -0.525. The molecule has 0 radical (unpaired) electrons. The van der Waals surface area contributed by atoms with Crippen molar-refractivity contribution in [1.82, 2.24) is 0 Å². The summed E-state index contributed by atoms with van der Waals surface area (Å²) in [5, 5.41) is 38.6. The molecule has 0 amide bonds. The second-order valence-electron chi connectivity index (χ2n) is 4.94. The SMILES string of the molecule is Cc1cc(O)c(O)c2oc(-c3ccc(O)c(O)c3)cc(=O)c12. The lowest BCUT2D eigenvalue weighted by molar-refractivity contribution is 0.399. The zero-order valence-corrected chi connectivity index (χ0v) is 11.5. The number of hydrogen-bond donors (Lipinski definition) is 4. The minimum absolute atomic E-state index is 0.0908. The molecule has 0 bridgehead atoms. The molecule has 22 heavy (non-hydrogen) atoms. The smallest absolute Gasteiger partial charge is 0.201 e. The Morgan fingerprint density at radius 2 is 1.64 bits per heavy atom. The van der Waals surface area contributed by atoms with Crippen molar-refractivity contribution in [3.8, 4) is 34.3 Å². The Morgan fingerprint density at radius 1 is 0.909 bits per heavy atom. The molecule has 0 saturated carbocycles. The van der Waals surface area contributed by atoms with Gasteiger partial charge in [-0.05, 0) is 36.8 Å². The number of hydrogen-bond acceptors (Lipinski definition) is 6. The van der Waals surface area contributed by atoms with Gasteiger partial charge in [-0.25, -0.2) is 0 Å². The van der Waals surface area contributed by atoms with Crippen LogP contribution >= 0.6 is 0 Å². The van der Waals surface area contributed by atoms with Gasteiger partial charge in [0.1, 0.15) is 5.76 Å². The normalized spacial score (nSPS) is 11.0. The van der Waals surface area contributed by atoms with Crippen LogP contribution < -0.4 is 5.43 Å². The van der Waals surface area contributed by atoms with Crippen LogP contribution in [0.15, 0.2) is 39.5 Å². The summed E-state index contributed by atoms with van der Waals surface area (Å²) >= 11 is 0. The van der Waals surface area contributed by atoms with Crippen LogP contribution in [-0.2, 0) is 0 Å². The molecule has 0 fully saturated rings. The van der Waals surface area contributed by atoms with E-state index in [0.29, 0.717) is 11.1 Å². The lowest BCUT2D eigenvalue weighted by atomic mass is 10.1. The van der Waals surface area contributed by atoms with E-state index in [0.717, 1.165) is 0 Å². The number of phenols is 4. The summed E-state index contributed by atoms with van der Waals surface area (Å²) in [6.07, 6.45) is 0. The number of phenolic OH excluding ortho intramolecular Hbond substituents is 4. The molecule has 6 heteroatoms. The average Bonchev–Trinajstić information content (AvgIpc) is 2.47. The average molecular weight is 300 g/mol. The fourth-order valence-corrected chi connectivity index (χ4v) is 2.31. The lowest BCUT2D eigenvalue weighted by Crippen LogP contribution is -2.02. The van der Waals surface area contributed by atoms with Crippen LogP contribution in [0.5, 0.6) is 23.0 Å². The highest BCUT2D eigenvalue weighted by molar-refractivity contribution is 5.89. The zero-order chi connectivity index (χ0) is 16.0. The monoisotopic (exact) mass is 300 g/mol. The molecule has 0 aliphatic heterocycles. The van der Waals surface area contributed by atoms with Crippen molar-refractivity contribution in [2.24, 2.45) is 0 Å². The van der Waals surface area contributed by atoms with Crippen molar-refractivity contribution in [1.29, 1.82) is 0 Å². The van der Waals surface area contributed by atoms with Crippen LogP contribution in [0.4, 0.5) is 0 Å². The molecule has 112 valence electrons. The lowest BCUT2D eigenvalue weighted by Gasteiger charge is -2.08. The number of aryl methyl sites for hydroxylation is 1. The van der Waals surface area contributed by atoms with Gasteiger partial charge >= 0.3 is 0 Å². The van der Waals surface area contributed by atoms with Gasteiger partial charge in [0.15, 0.2) is 28.3 Å². The molecule has 2 aromatic carbocycles. The van der Waals surface area contributed by atoms with Gasteiger partial charge < -0.3 is 24.8 Å². The fourth-order valence-electron chi connectivity index (χ4n) is 2.31. The third-order valence-electron chi connectivity index (χ3n) is 3.41. The van der Waals surface area contributed by atoms with Gasteiger partial charge in [-0.3, -0.25) is 4.79 Å². The predicted molar refractivity (Wildman–Crippen MR) is 79.3 cm³/mol. The van der Waals surface area contributed by atoms with E-state index in [1.165, 1.54) is 30.3 Å². The topological polar surface area (TPSA) is 111 Å². The van der Waals surface area contributed by atoms with Crippen molar-refractivity contribution in [2.75, 3.05) is 0 Å². The zero-order valence-electron chi connectivity index (χ0n) is 11.5. The molecule has 1 heterocycles. The van der Waals surface area contributed by atoms with Gasteiger partial charge in [0, 0.05) is 11.6 Å². The third-order valence-corrected chi connectivity index (χ3v) is 3.41. The number of benzene rings is 2. The Labute approximate surface area is 124 Å². The van der Waals surface area contributed by atoms with Crippen LogP contribution in [0.1, 0.15) is 5.56 Å². The fraction of sp³-hybridized carbons (Fsp3) is 0.0625. The van der Waals surface area contributed by atoms with Crippen molar-refractivity contribution in [3.05, 3.63) is 46.1 Å². The standard InChI is InChI=1S/C16H12O6/c1-7-4-12(20)15(21)16-14(7)11(19)6-13(22-16)8-2-3-9(17)10(18)5-8/h2-6,17-18,20-21H,1H3. The molecule has 0 aliphatic carbocycles. The summed E-state index contributed by atoms with van der Waals surface area (Å²) in [6.45, 7) is 1.62. The molecule has 4 N–H and O–H groups in total. The summed E-state index contributed by atoms with van der Waals surface area (Å²) in [6, 6.07) is 6.43. The van der Waals surface area contributed by atoms with E-state index in [1.807, 2.05) is 0 Å². The second kappa shape index (κ2) is 4.70. The Balaban J connectivity index is 2.35. The number of rotatable bonds is 1. The summed E-state index contributed by atoms with van der Waals surface area (Å²) in [7, 11) is 0. The highest BCUT2D eigenvalue weighted by atomic mass is 16.4. The summed E-state index contributed by atoms with van der Waals surface area (Å²) in [5.74, 6) is -1.49. The molecule has 0 spiro atoms. The maximum Gasteiger partial charge on any atom is 0.201 e. The molecule has 0 aliphatic rings. The molecule has 1 aromatic heterocycles. The van der Waals surface area contributed by atoms with Crippen molar-refractivity contribution in [3.63, 3.8) is 0 Å². The maximum atomic E-state index is 12.2. The summed E-state index contributed by atoms with van der Waals surface area (Å²) < 4.78 is 5.51. The van der Waals surface area contributed by atoms with Crippen molar-refractivity contribution < 1.29 is 24.8 Å². The molecular weight excluding hydrogens is 288 g/mol. The van der Waals surface area contributed by atoms with E-state index in [-0.39, 0.29) is 34.0 Å². The Morgan fingerprint density at radius 3 is 2.32 bits per heavy atom. The summed E-state index contributed by atoms with van der Waals surface area (Å²) in [5.41, 5.74) is 0.290. The van der Waals surface area contributed by atoms with E-state index < -0.39 is 11.2 Å². The molecule has 3 rings (SSSR count). The van der Waals surface area contributed by atoms with Crippen LogP contribution in [-0.4, -0.2) is 20.4 Å². The Bertz CT molecular complexity index is 955. The largest absolute Gasteiger partial charge is 0.504 e. The first-order valence-corrected chi connectivity index (χ1v) is 6.40. The van der Waals surface area contributed by atoms with Crippen molar-refractivity contribution >= 4 is 11.0 Å². The first-order chi connectivity index (χ1) is 10.4. The Hall–Kier alpha value is -3.15. The third kappa shape index (κ3) is 2.01. The number of aromatic hydroxyl groups is 4. The first-order valence-electron chi connectivity index (χ1n) is 6.40. The van der Waals surface area contributed by atoms with E-state index in [4.69, 9.17) is 4.42 Å². The van der Waals surface area contributed by atoms with Gasteiger partial charge in [-0.15, -0.1) is 0 Å². The molecule has 6 nitrogen and oxygen atoms in total. The van der Waals surface area contributed by atoms with Gasteiger partial charge in [0.25, 0.3) is 0 Å². The van der Waals surface area contributed by atoms with Gasteiger partial charge in [0.2, 0.25) is 5.75 Å². The molecule has 3 aromatic rings. The van der Waals surface area contributed by atoms with Gasteiger partial charge in [-0.1, -0.05) is 0 Å². The van der Waals surface area contributed by atoms with Gasteiger partial charge in [-0.2, -0.15) is 0 Å². The van der Waals surface area contributed by atoms with E-state index in [2.05, 4.69) is 0 Å². The second-order valence-corrected chi connectivity index (χ2v) is 4.94. The van der Waals surface area contributed by atoms with E-state index in [9.17, 15) is 25.2 Å².